The quantitative estimate of drug-likeness (QED) is 0.553. The number of ether oxygens (including phenoxy) is 2. The second-order valence-electron chi connectivity index (χ2n) is 6.38. The number of aromatic nitrogens is 4. The molecule has 4 rings (SSSR count). The maximum Gasteiger partial charge on any atom is 0.233 e. The van der Waals surface area contributed by atoms with Crippen molar-refractivity contribution in [3.05, 3.63) is 54.1 Å². The van der Waals surface area contributed by atoms with E-state index in [1.54, 1.807) is 9.58 Å². The summed E-state index contributed by atoms with van der Waals surface area (Å²) in [5.74, 6) is 1.76. The molecule has 9 heteroatoms. The van der Waals surface area contributed by atoms with Crippen molar-refractivity contribution < 1.29 is 14.3 Å². The fraction of sp³-hybridized carbons (Fsp3) is 0.300. The lowest BCUT2D eigenvalue weighted by atomic mass is 10.2. The maximum atomic E-state index is 12.8. The van der Waals surface area contributed by atoms with E-state index >= 15 is 0 Å². The van der Waals surface area contributed by atoms with Crippen molar-refractivity contribution in [3.63, 3.8) is 0 Å². The normalized spacial score (nSPS) is 12.6. The molecule has 3 aromatic rings. The molecule has 1 amide bonds. The zero-order chi connectivity index (χ0) is 20.1. The van der Waals surface area contributed by atoms with E-state index < -0.39 is 0 Å². The van der Waals surface area contributed by atoms with E-state index in [9.17, 15) is 4.79 Å². The smallest absolute Gasteiger partial charge is 0.233 e. The summed E-state index contributed by atoms with van der Waals surface area (Å²) in [6.45, 7) is 4.19. The van der Waals surface area contributed by atoms with Crippen LogP contribution in [0.15, 0.2) is 53.7 Å². The molecule has 0 bridgehead atoms. The molecule has 0 aliphatic carbocycles. The van der Waals surface area contributed by atoms with Crippen LogP contribution < -0.4 is 9.47 Å². The zero-order valence-corrected chi connectivity index (χ0v) is 16.8. The topological polar surface area (TPSA) is 82.4 Å². The van der Waals surface area contributed by atoms with Crippen molar-refractivity contribution in [1.29, 1.82) is 0 Å². The van der Waals surface area contributed by atoms with Crippen LogP contribution in [0, 0.1) is 0 Å². The number of amides is 1. The minimum atomic E-state index is 0.0231. The second-order valence-corrected chi connectivity index (χ2v) is 7.33. The first-order valence-corrected chi connectivity index (χ1v) is 10.4. The Bertz CT molecular complexity index is 979. The average Bonchev–Trinajstić information content (AvgIpc) is 3.25. The van der Waals surface area contributed by atoms with Crippen LogP contribution >= 0.6 is 11.8 Å². The molecule has 0 atom stereocenters. The van der Waals surface area contributed by atoms with Gasteiger partial charge in [-0.15, -0.1) is 5.10 Å². The van der Waals surface area contributed by atoms with Crippen molar-refractivity contribution in [1.82, 2.24) is 25.1 Å². The highest BCUT2D eigenvalue weighted by atomic mass is 32.2. The largest absolute Gasteiger partial charge is 0.486 e. The molecule has 0 radical (unpaired) electrons. The summed E-state index contributed by atoms with van der Waals surface area (Å²) in [6, 6.07) is 15.4. The summed E-state index contributed by atoms with van der Waals surface area (Å²) in [4.78, 5) is 14.6. The molecule has 1 aromatic heterocycles. The van der Waals surface area contributed by atoms with Crippen LogP contribution in [0.2, 0.25) is 0 Å². The third kappa shape index (κ3) is 4.51. The number of hydrogen-bond acceptors (Lipinski definition) is 7. The highest BCUT2D eigenvalue weighted by molar-refractivity contribution is 7.99. The lowest BCUT2D eigenvalue weighted by Crippen LogP contribution is -2.31. The van der Waals surface area contributed by atoms with E-state index in [0.717, 1.165) is 22.7 Å². The molecular weight excluding hydrogens is 390 g/mol. The van der Waals surface area contributed by atoms with E-state index in [-0.39, 0.29) is 11.7 Å². The molecule has 29 heavy (non-hydrogen) atoms. The molecule has 0 saturated heterocycles. The number of rotatable bonds is 7. The van der Waals surface area contributed by atoms with E-state index in [1.807, 2.05) is 55.5 Å². The van der Waals surface area contributed by atoms with Gasteiger partial charge in [0.1, 0.15) is 13.2 Å². The summed E-state index contributed by atoms with van der Waals surface area (Å²) in [6.07, 6.45) is 0. The number of para-hydroxylation sites is 1. The van der Waals surface area contributed by atoms with Crippen molar-refractivity contribution in [2.45, 2.75) is 18.6 Å². The molecule has 0 N–H and O–H groups in total. The predicted molar refractivity (Wildman–Crippen MR) is 108 cm³/mol. The van der Waals surface area contributed by atoms with Gasteiger partial charge in [0.2, 0.25) is 11.1 Å². The standard InChI is InChI=1S/C20H21N5O3S/c1-2-24(13-15-8-9-17-18(12-15)28-11-10-27-17)19(26)14-29-20-21-22-23-25(20)16-6-4-3-5-7-16/h3-9,12H,2,10-11,13-14H2,1H3. The van der Waals surface area contributed by atoms with Gasteiger partial charge < -0.3 is 14.4 Å². The molecule has 2 aromatic carbocycles. The Hall–Kier alpha value is -3.07. The van der Waals surface area contributed by atoms with Gasteiger partial charge in [-0.2, -0.15) is 4.68 Å². The first kappa shape index (κ1) is 19.3. The number of benzene rings is 2. The zero-order valence-electron chi connectivity index (χ0n) is 16.0. The lowest BCUT2D eigenvalue weighted by molar-refractivity contribution is -0.128. The van der Waals surface area contributed by atoms with Crippen LogP contribution in [-0.4, -0.2) is 56.5 Å². The third-order valence-electron chi connectivity index (χ3n) is 4.48. The van der Waals surface area contributed by atoms with Gasteiger partial charge in [0, 0.05) is 13.1 Å². The predicted octanol–water partition coefficient (Wildman–Crippen LogP) is 2.57. The van der Waals surface area contributed by atoms with Crippen molar-refractivity contribution >= 4 is 17.7 Å². The summed E-state index contributed by atoms with van der Waals surface area (Å²) >= 11 is 1.32. The van der Waals surface area contributed by atoms with Gasteiger partial charge in [-0.25, -0.2) is 0 Å². The summed E-state index contributed by atoms with van der Waals surface area (Å²) in [5, 5.41) is 12.4. The average molecular weight is 411 g/mol. The Morgan fingerprint density at radius 3 is 2.72 bits per heavy atom. The molecule has 0 spiro atoms. The molecule has 1 aliphatic rings. The molecule has 0 saturated carbocycles. The van der Waals surface area contributed by atoms with Crippen molar-refractivity contribution in [2.75, 3.05) is 25.5 Å². The Morgan fingerprint density at radius 1 is 1.14 bits per heavy atom. The second kappa shape index (κ2) is 8.95. The highest BCUT2D eigenvalue weighted by Crippen LogP contribution is 2.31. The van der Waals surface area contributed by atoms with Crippen LogP contribution in [-0.2, 0) is 11.3 Å². The molecule has 2 heterocycles. The Kier molecular flexibility index (Phi) is 5.95. The van der Waals surface area contributed by atoms with Crippen LogP contribution in [0.3, 0.4) is 0 Å². The molecule has 0 fully saturated rings. The van der Waals surface area contributed by atoms with E-state index in [4.69, 9.17) is 9.47 Å². The third-order valence-corrected chi connectivity index (χ3v) is 5.38. The Balaban J connectivity index is 1.40. The van der Waals surface area contributed by atoms with E-state index in [0.29, 0.717) is 31.5 Å². The van der Waals surface area contributed by atoms with Gasteiger partial charge in [-0.05, 0) is 47.2 Å². The first-order chi connectivity index (χ1) is 14.2. The molecule has 150 valence electrons. The fourth-order valence-electron chi connectivity index (χ4n) is 3.00. The lowest BCUT2D eigenvalue weighted by Gasteiger charge is -2.23. The monoisotopic (exact) mass is 411 g/mol. The number of hydrogen-bond donors (Lipinski definition) is 0. The number of carbonyl (C=O) groups excluding carboxylic acids is 1. The first-order valence-electron chi connectivity index (χ1n) is 9.37. The number of nitrogens with zero attached hydrogens (tertiary/aromatic N) is 5. The van der Waals surface area contributed by atoms with Gasteiger partial charge in [0.25, 0.3) is 0 Å². The summed E-state index contributed by atoms with van der Waals surface area (Å²) in [7, 11) is 0. The molecule has 8 nitrogen and oxygen atoms in total. The molecular formula is C20H21N5O3S. The molecule has 0 unspecified atom stereocenters. The van der Waals surface area contributed by atoms with Crippen LogP contribution in [0.1, 0.15) is 12.5 Å². The van der Waals surface area contributed by atoms with E-state index in [1.165, 1.54) is 11.8 Å². The summed E-state index contributed by atoms with van der Waals surface area (Å²) < 4.78 is 12.8. The van der Waals surface area contributed by atoms with Gasteiger partial charge in [0.15, 0.2) is 11.5 Å². The number of thioether (sulfide) groups is 1. The number of carbonyl (C=O) groups is 1. The summed E-state index contributed by atoms with van der Waals surface area (Å²) in [5.41, 5.74) is 1.86. The number of fused-ring (bicyclic) bond motifs is 1. The molecule has 1 aliphatic heterocycles. The Morgan fingerprint density at radius 2 is 1.93 bits per heavy atom. The van der Waals surface area contributed by atoms with Crippen molar-refractivity contribution in [2.24, 2.45) is 0 Å². The van der Waals surface area contributed by atoms with Gasteiger partial charge in [-0.1, -0.05) is 36.0 Å². The van der Waals surface area contributed by atoms with E-state index in [2.05, 4.69) is 15.5 Å². The number of tetrazole rings is 1. The van der Waals surface area contributed by atoms with Gasteiger partial charge >= 0.3 is 0 Å². The highest BCUT2D eigenvalue weighted by Gasteiger charge is 2.18. The van der Waals surface area contributed by atoms with Crippen LogP contribution in [0.5, 0.6) is 11.5 Å². The maximum absolute atomic E-state index is 12.8. The SMILES string of the molecule is CCN(Cc1ccc2c(c1)OCCO2)C(=O)CSc1nnnn1-c1ccccc1. The van der Waals surface area contributed by atoms with Gasteiger partial charge in [-0.3, -0.25) is 4.79 Å². The van der Waals surface area contributed by atoms with Crippen LogP contribution in [0.4, 0.5) is 0 Å². The van der Waals surface area contributed by atoms with Crippen LogP contribution in [0.25, 0.3) is 5.69 Å². The minimum Gasteiger partial charge on any atom is -0.486 e. The fourth-order valence-corrected chi connectivity index (χ4v) is 3.79. The van der Waals surface area contributed by atoms with Gasteiger partial charge in [0.05, 0.1) is 11.4 Å². The minimum absolute atomic E-state index is 0.0231. The van der Waals surface area contributed by atoms with Crippen molar-refractivity contribution in [3.8, 4) is 17.2 Å². The Labute approximate surface area is 172 Å².